The molecule has 4 heterocycles. The van der Waals surface area contributed by atoms with Gasteiger partial charge >= 0.3 is 0 Å². The van der Waals surface area contributed by atoms with Gasteiger partial charge in [0.05, 0.1) is 22.1 Å². The zero-order valence-electron chi connectivity index (χ0n) is 82.4. The molecule has 0 saturated heterocycles. The van der Waals surface area contributed by atoms with Gasteiger partial charge in [0.15, 0.2) is 0 Å². The van der Waals surface area contributed by atoms with Crippen LogP contribution in [-0.2, 0) is 13.1 Å². The lowest BCUT2D eigenvalue weighted by atomic mass is 10.00. The van der Waals surface area contributed by atoms with Crippen LogP contribution in [0.3, 0.4) is 0 Å². The Bertz CT molecular complexity index is 9330. The summed E-state index contributed by atoms with van der Waals surface area (Å²) in [4.78, 5) is 4.64. The van der Waals surface area contributed by atoms with Crippen LogP contribution < -0.4 is 9.80 Å². The van der Waals surface area contributed by atoms with Crippen LogP contribution in [0, 0.1) is 0 Å². The minimum atomic E-state index is 0.866. The summed E-state index contributed by atoms with van der Waals surface area (Å²) in [5.41, 5.74) is 41.9. The van der Waals surface area contributed by atoms with E-state index in [1.807, 2.05) is 0 Å². The highest BCUT2D eigenvalue weighted by Crippen LogP contribution is 2.44. The zero-order chi connectivity index (χ0) is 98.7. The monoisotopic (exact) mass is 1890 g/mol. The molecule has 0 saturated carbocycles. The van der Waals surface area contributed by atoms with Gasteiger partial charge in [-0.15, -0.1) is 0 Å². The van der Waals surface area contributed by atoms with Gasteiger partial charge in [0.1, 0.15) is 0 Å². The topological polar surface area (TPSA) is 26.2 Å². The van der Waals surface area contributed by atoms with Crippen LogP contribution in [-0.4, -0.2) is 18.3 Å². The molecule has 21 aromatic carbocycles. The number of rotatable bonds is 26. The van der Waals surface area contributed by atoms with E-state index in [9.17, 15) is 0 Å². The van der Waals surface area contributed by atoms with E-state index in [1.165, 1.54) is 126 Å². The fraction of sp³-hybridized carbons (Fsp3) is 0.0282. The summed E-state index contributed by atoms with van der Waals surface area (Å²) in [6.45, 7) is 6.23. The molecule has 0 N–H and O–H groups in total. The van der Waals surface area contributed by atoms with Crippen molar-refractivity contribution in [2.45, 2.75) is 26.9 Å². The van der Waals surface area contributed by atoms with Crippen molar-refractivity contribution in [2.75, 3.05) is 9.80 Å². The first-order valence-electron chi connectivity index (χ1n) is 51.2. The number of aromatic nitrogens is 4. The first-order chi connectivity index (χ1) is 73.2. The number of para-hydroxylation sites is 6. The fourth-order valence-corrected chi connectivity index (χ4v) is 21.5. The summed E-state index contributed by atoms with van der Waals surface area (Å²) in [6, 6.07) is 181. The summed E-state index contributed by atoms with van der Waals surface area (Å²) in [6.07, 6.45) is 26.5. The van der Waals surface area contributed by atoms with Gasteiger partial charge in [-0.2, -0.15) is 0 Å². The van der Waals surface area contributed by atoms with Crippen LogP contribution in [0.1, 0.15) is 80.6 Å². The van der Waals surface area contributed by atoms with E-state index < -0.39 is 0 Å². The SMILES string of the molecule is CCn1c2ccc(/C=C/c3ccc(-c4ccc(/C=C/c5ccc6c(c5)c5cc(-c7ccc8c9ccccc9n(-c9ccc(/C=C/c%10ccc(/C=C/c%11ccc(-n%12c%13ccccc%13c%13ccccc%13%12)cc%11)cc%10)cc9)c8c7)ccc5n6CC)cc4)cc3)cc2c2cc(-c3cccc(N(c4ccccc4)c4ccc(/C=C/c5ccc(-c6ccc(/C=C/c7ccc(N(c8ccccc8)c8ccccc8)cc7)cc6)cc5)cc4)c3)ccc21. The van der Waals surface area contributed by atoms with Crippen LogP contribution in [0.4, 0.5) is 34.1 Å². The maximum absolute atomic E-state index is 2.45. The van der Waals surface area contributed by atoms with Gasteiger partial charge in [0.25, 0.3) is 0 Å². The molecule has 6 heteroatoms. The van der Waals surface area contributed by atoms with E-state index in [0.717, 1.165) is 131 Å². The average molecular weight is 1890 g/mol. The lowest BCUT2D eigenvalue weighted by molar-refractivity contribution is 0.827. The number of hydrogen-bond donors (Lipinski definition) is 0. The minimum Gasteiger partial charge on any atom is -0.341 e. The van der Waals surface area contributed by atoms with Crippen molar-refractivity contribution in [3.63, 3.8) is 0 Å². The minimum absolute atomic E-state index is 0.866. The Morgan fingerprint density at radius 2 is 0.378 bits per heavy atom. The van der Waals surface area contributed by atoms with E-state index in [0.29, 0.717) is 0 Å². The van der Waals surface area contributed by atoms with Crippen LogP contribution >= 0.6 is 0 Å². The molecule has 0 spiro atoms. The molecule has 4 aromatic heterocycles. The molecule has 0 amide bonds. The van der Waals surface area contributed by atoms with E-state index in [2.05, 4.69) is 612 Å². The van der Waals surface area contributed by atoms with Gasteiger partial charge in [-0.1, -0.05) is 400 Å². The van der Waals surface area contributed by atoms with Crippen LogP contribution in [0.25, 0.3) is 216 Å². The maximum atomic E-state index is 2.45. The summed E-state index contributed by atoms with van der Waals surface area (Å²) in [5, 5.41) is 10.0. The Hall–Kier alpha value is -19.1. The summed E-state index contributed by atoms with van der Waals surface area (Å²) in [5.74, 6) is 0. The second kappa shape index (κ2) is 40.0. The maximum Gasteiger partial charge on any atom is 0.0547 e. The van der Waals surface area contributed by atoms with E-state index in [-0.39, 0.29) is 0 Å². The molecule has 0 radical (unpaired) electrons. The third kappa shape index (κ3) is 18.1. The van der Waals surface area contributed by atoms with E-state index in [4.69, 9.17) is 0 Å². The lowest BCUT2D eigenvalue weighted by Crippen LogP contribution is -2.09. The van der Waals surface area contributed by atoms with Crippen molar-refractivity contribution in [2.24, 2.45) is 0 Å². The van der Waals surface area contributed by atoms with Crippen molar-refractivity contribution in [3.05, 3.63) is 564 Å². The number of nitrogens with zero attached hydrogens (tertiary/aromatic N) is 6. The van der Waals surface area contributed by atoms with E-state index >= 15 is 0 Å². The van der Waals surface area contributed by atoms with Crippen molar-refractivity contribution >= 4 is 194 Å². The quantitative estimate of drug-likeness (QED) is 0.0505. The summed E-state index contributed by atoms with van der Waals surface area (Å²) in [7, 11) is 0. The van der Waals surface area contributed by atoms with Crippen LogP contribution in [0.15, 0.2) is 497 Å². The van der Waals surface area contributed by atoms with Gasteiger partial charge in [-0.3, -0.25) is 0 Å². The molecule has 0 atom stereocenters. The van der Waals surface area contributed by atoms with Crippen molar-refractivity contribution < 1.29 is 0 Å². The molecule has 0 aliphatic carbocycles. The summed E-state index contributed by atoms with van der Waals surface area (Å²) >= 11 is 0. The van der Waals surface area contributed by atoms with E-state index in [1.54, 1.807) is 0 Å². The standard InChI is InChI=1S/C142H104N6/c1-3-143-135-89-67-109(93-131(135)133-96-116(78-91-137(133)143)115-21-20-28-126(95-115)146(121-26-12-7-13-27-121)123-82-61-106(62-83-123)46-42-102-53-71-112(72-54-102)111-69-51-101(52-70-111)41-45-105-59-80-122(81-60-105)145(119-22-8-5-9-23-119)120-24-10-6-11-25-120)49-47-103-55-73-113(74-56-103)114-75-57-104(58-76-114)48-50-110-68-90-136-132(94-110)134-97-117(79-92-138(134)144(136)4-2)118-77-88-130-129-31-16-19-34-141(129)148(142(130)98-118)125-86-65-108(66-87-125)44-40-100-37-35-99(36-38-100)39-43-107-63-84-124(85-64-107)147-139-32-17-14-29-127(139)128-30-15-18-33-140(128)147/h5-98H,3-4H2,1-2H3/b43-39+,44-40+,45-41+,46-42+,49-47+,50-48+. The third-order valence-electron chi connectivity index (χ3n) is 29.1. The Kier molecular flexibility index (Phi) is 24.4. The predicted octanol–water partition coefficient (Wildman–Crippen LogP) is 38.8. The molecule has 0 aliphatic heterocycles. The smallest absolute Gasteiger partial charge is 0.0547 e. The molecule has 25 aromatic rings. The molecule has 702 valence electrons. The number of aryl methyl sites for hydroxylation is 2. The molecule has 25 rings (SSSR count). The highest BCUT2D eigenvalue weighted by molar-refractivity contribution is 6.14. The first kappa shape index (κ1) is 90.2. The fourth-order valence-electron chi connectivity index (χ4n) is 21.5. The molecule has 0 bridgehead atoms. The Balaban J connectivity index is 0.401. The van der Waals surface area contributed by atoms with Gasteiger partial charge in [0.2, 0.25) is 0 Å². The molecule has 148 heavy (non-hydrogen) atoms. The lowest BCUT2D eigenvalue weighted by Gasteiger charge is -2.26. The number of benzene rings is 21. The van der Waals surface area contributed by atoms with Gasteiger partial charge < -0.3 is 28.1 Å². The highest BCUT2D eigenvalue weighted by Gasteiger charge is 2.22. The average Bonchev–Trinajstić information content (AvgIpc) is 1.59. The normalized spacial score (nSPS) is 12.0. The van der Waals surface area contributed by atoms with Crippen molar-refractivity contribution in [1.29, 1.82) is 0 Å². The highest BCUT2D eigenvalue weighted by atomic mass is 15.1. The summed E-state index contributed by atoms with van der Waals surface area (Å²) < 4.78 is 9.68. The number of hydrogen-bond acceptors (Lipinski definition) is 2. The second-order valence-electron chi connectivity index (χ2n) is 38.2. The van der Waals surface area contributed by atoms with Crippen molar-refractivity contribution in [3.8, 4) is 55.9 Å². The van der Waals surface area contributed by atoms with Gasteiger partial charge in [0, 0.05) is 124 Å². The molecule has 0 fully saturated rings. The van der Waals surface area contributed by atoms with Crippen LogP contribution in [0.5, 0.6) is 0 Å². The third-order valence-corrected chi connectivity index (χ3v) is 29.1. The Morgan fingerprint density at radius 1 is 0.149 bits per heavy atom. The second-order valence-corrected chi connectivity index (χ2v) is 38.2. The molecular weight excluding hydrogens is 1790 g/mol. The molecule has 6 nitrogen and oxygen atoms in total. The van der Waals surface area contributed by atoms with Gasteiger partial charge in [-0.05, 0) is 295 Å². The zero-order valence-corrected chi connectivity index (χ0v) is 82.4. The van der Waals surface area contributed by atoms with Gasteiger partial charge in [-0.25, -0.2) is 0 Å². The number of anilines is 6. The largest absolute Gasteiger partial charge is 0.341 e. The number of fused-ring (bicyclic) bond motifs is 12. The van der Waals surface area contributed by atoms with Crippen molar-refractivity contribution in [1.82, 2.24) is 18.3 Å². The molecule has 0 aliphatic rings. The van der Waals surface area contributed by atoms with Crippen LogP contribution in [0.2, 0.25) is 0 Å². The predicted molar refractivity (Wildman–Crippen MR) is 636 cm³/mol. The molecule has 0 unspecified atom stereocenters. The Labute approximate surface area is 863 Å². The Morgan fingerprint density at radius 3 is 0.723 bits per heavy atom. The first-order valence-corrected chi connectivity index (χ1v) is 51.2. The molecular formula is C142H104N6.